The Hall–Kier alpha value is -0.170. The van der Waals surface area contributed by atoms with Crippen LogP contribution >= 0.6 is 18.2 Å². The number of hydrogen-bond donors (Lipinski definition) is 4. The van der Waals surface area contributed by atoms with E-state index < -0.39 is 6.95 Å². The molecule has 0 aliphatic rings. The molecular formula is C21H49ClN3O4P. The summed E-state index contributed by atoms with van der Waals surface area (Å²) < 4.78 is 15.2. The highest BCUT2D eigenvalue weighted by Gasteiger charge is 2.12. The van der Waals surface area contributed by atoms with Gasteiger partial charge in [-0.2, -0.15) is 0 Å². The molecule has 30 heavy (non-hydrogen) atoms. The highest BCUT2D eigenvalue weighted by atomic mass is 35.7. The Morgan fingerprint density at radius 1 is 0.800 bits per heavy atom. The quantitative estimate of drug-likeness (QED) is 0.101. The lowest BCUT2D eigenvalue weighted by Gasteiger charge is -2.06. The summed E-state index contributed by atoms with van der Waals surface area (Å²) >= 11 is 5.05. The molecule has 0 aliphatic carbocycles. The number of carbonyl (C=O) groups is 1. The van der Waals surface area contributed by atoms with E-state index in [1.54, 1.807) is 0 Å². The second-order valence-corrected chi connectivity index (χ2v) is 10.1. The second-order valence-electron chi connectivity index (χ2n) is 7.69. The van der Waals surface area contributed by atoms with Crippen LogP contribution in [0.4, 0.5) is 0 Å². The van der Waals surface area contributed by atoms with Crippen LogP contribution in [0.25, 0.3) is 0 Å². The predicted molar refractivity (Wildman–Crippen MR) is 129 cm³/mol. The van der Waals surface area contributed by atoms with Gasteiger partial charge in [-0.25, -0.2) is 4.57 Å². The van der Waals surface area contributed by atoms with E-state index in [-0.39, 0.29) is 24.8 Å². The average molecular weight is 474 g/mol. The number of rotatable bonds is 21. The molecule has 0 spiro atoms. The van der Waals surface area contributed by atoms with E-state index >= 15 is 0 Å². The molecule has 1 amide bonds. The van der Waals surface area contributed by atoms with Gasteiger partial charge in [0.15, 0.2) is 0 Å². The standard InChI is InChI=1S/C21H43ClNO4P.2H3N/c1-2-3-4-5-6-7-8-9-10-11-12-13-14-15-16-18-21(24)23-19-17-20-27-28(22,25)26;;/h2-20H2,1H3,(H,23,24)(H,25,26);2*1H3. The molecule has 0 rings (SSSR count). The number of halogens is 1. The third kappa shape index (κ3) is 30.0. The van der Waals surface area contributed by atoms with Crippen molar-refractivity contribution in [1.29, 1.82) is 0 Å². The first-order chi connectivity index (χ1) is 13.5. The minimum absolute atomic E-state index is 0. The first-order valence-electron chi connectivity index (χ1n) is 11.4. The maximum atomic E-state index is 11.7. The molecule has 0 aromatic rings. The minimum Gasteiger partial charge on any atom is -0.356 e. The van der Waals surface area contributed by atoms with Crippen LogP contribution in [0.3, 0.4) is 0 Å². The van der Waals surface area contributed by atoms with Crippen molar-refractivity contribution in [3.05, 3.63) is 0 Å². The third-order valence-electron chi connectivity index (χ3n) is 4.90. The van der Waals surface area contributed by atoms with Crippen LogP contribution in [0.1, 0.15) is 116 Å². The molecule has 1 atom stereocenters. The van der Waals surface area contributed by atoms with Crippen molar-refractivity contribution in [3.8, 4) is 0 Å². The van der Waals surface area contributed by atoms with E-state index in [4.69, 9.17) is 16.1 Å². The fourth-order valence-corrected chi connectivity index (χ4v) is 3.78. The Morgan fingerprint density at radius 2 is 1.20 bits per heavy atom. The molecular weight excluding hydrogens is 425 g/mol. The van der Waals surface area contributed by atoms with Crippen LogP contribution in [0.5, 0.6) is 0 Å². The Morgan fingerprint density at radius 3 is 1.60 bits per heavy atom. The number of hydrogen-bond acceptors (Lipinski definition) is 5. The van der Waals surface area contributed by atoms with E-state index in [1.807, 2.05) is 0 Å². The Balaban J connectivity index is -0.00000364. The van der Waals surface area contributed by atoms with Gasteiger partial charge in [0.1, 0.15) is 0 Å². The van der Waals surface area contributed by atoms with Crippen molar-refractivity contribution in [3.63, 3.8) is 0 Å². The first kappa shape index (κ1) is 34.4. The number of nitrogens with one attached hydrogen (secondary N) is 1. The largest absolute Gasteiger partial charge is 0.421 e. The van der Waals surface area contributed by atoms with Crippen LogP contribution in [0.15, 0.2) is 0 Å². The Bertz CT molecular complexity index is 412. The normalized spacial score (nSPS) is 12.5. The third-order valence-corrected chi connectivity index (χ3v) is 5.70. The topological polar surface area (TPSA) is 146 Å². The van der Waals surface area contributed by atoms with Crippen molar-refractivity contribution in [2.75, 3.05) is 13.2 Å². The fourth-order valence-electron chi connectivity index (χ4n) is 3.22. The molecule has 0 fully saturated rings. The molecule has 0 aliphatic heterocycles. The summed E-state index contributed by atoms with van der Waals surface area (Å²) in [5.74, 6) is 0.0350. The Labute approximate surface area is 189 Å². The van der Waals surface area contributed by atoms with Gasteiger partial charge in [-0.1, -0.05) is 96.8 Å². The van der Waals surface area contributed by atoms with E-state index in [2.05, 4.69) is 16.8 Å². The monoisotopic (exact) mass is 473 g/mol. The Kier molecular flexibility index (Phi) is 28.8. The van der Waals surface area contributed by atoms with Gasteiger partial charge in [0.25, 0.3) is 0 Å². The summed E-state index contributed by atoms with van der Waals surface area (Å²) in [6.45, 7) is -1.15. The van der Waals surface area contributed by atoms with Gasteiger partial charge < -0.3 is 22.5 Å². The zero-order chi connectivity index (χ0) is 20.9. The highest BCUT2D eigenvalue weighted by molar-refractivity contribution is 7.80. The summed E-state index contributed by atoms with van der Waals surface area (Å²) in [5, 5.41) is 2.79. The van der Waals surface area contributed by atoms with Gasteiger partial charge in [0, 0.05) is 24.2 Å². The number of amides is 1. The summed E-state index contributed by atoms with van der Waals surface area (Å²) in [7, 11) is 0. The van der Waals surface area contributed by atoms with Crippen LogP contribution in [-0.2, 0) is 13.9 Å². The summed E-state index contributed by atoms with van der Waals surface area (Å²) in [6.07, 6.45) is 20.7. The minimum atomic E-state index is -3.92. The lowest BCUT2D eigenvalue weighted by molar-refractivity contribution is -0.121. The molecule has 0 saturated heterocycles. The van der Waals surface area contributed by atoms with Gasteiger partial charge in [0.2, 0.25) is 5.91 Å². The molecule has 0 saturated carbocycles. The lowest BCUT2D eigenvalue weighted by Crippen LogP contribution is -2.24. The van der Waals surface area contributed by atoms with Gasteiger partial charge >= 0.3 is 6.95 Å². The average Bonchev–Trinajstić information content (AvgIpc) is 2.63. The van der Waals surface area contributed by atoms with E-state index in [1.165, 1.54) is 83.5 Å². The van der Waals surface area contributed by atoms with E-state index in [0.717, 1.165) is 12.8 Å². The zero-order valence-corrected chi connectivity index (χ0v) is 21.0. The van der Waals surface area contributed by atoms with Crippen molar-refractivity contribution in [2.24, 2.45) is 0 Å². The van der Waals surface area contributed by atoms with Gasteiger partial charge in [-0.15, -0.1) is 0 Å². The van der Waals surface area contributed by atoms with Crippen molar-refractivity contribution in [1.82, 2.24) is 17.6 Å². The maximum absolute atomic E-state index is 11.7. The van der Waals surface area contributed by atoms with Crippen molar-refractivity contribution >= 4 is 24.1 Å². The van der Waals surface area contributed by atoms with Crippen molar-refractivity contribution < 1.29 is 18.8 Å². The second kappa shape index (κ2) is 25.1. The smallest absolute Gasteiger partial charge is 0.356 e. The van der Waals surface area contributed by atoms with Crippen LogP contribution in [0.2, 0.25) is 0 Å². The van der Waals surface area contributed by atoms with Gasteiger partial charge in [0.05, 0.1) is 6.61 Å². The lowest BCUT2D eigenvalue weighted by atomic mass is 10.0. The summed E-state index contributed by atoms with van der Waals surface area (Å²) in [6, 6.07) is 0. The predicted octanol–water partition coefficient (Wildman–Crippen LogP) is 7.43. The molecule has 7 nitrogen and oxygen atoms in total. The molecule has 184 valence electrons. The molecule has 0 aromatic carbocycles. The first-order valence-corrected chi connectivity index (χ1v) is 13.9. The highest BCUT2D eigenvalue weighted by Crippen LogP contribution is 2.47. The SMILES string of the molecule is CCCCCCCCCCCCCCCCCC(=O)NCCCOP(=O)(O)Cl.N.N. The molecule has 0 aromatic heterocycles. The molecule has 0 bridgehead atoms. The summed E-state index contributed by atoms with van der Waals surface area (Å²) in [4.78, 5) is 20.4. The molecule has 8 N–H and O–H groups in total. The number of unbranched alkanes of at least 4 members (excludes halogenated alkanes) is 14. The van der Waals surface area contributed by atoms with Crippen LogP contribution < -0.4 is 17.6 Å². The van der Waals surface area contributed by atoms with E-state index in [9.17, 15) is 9.36 Å². The zero-order valence-electron chi connectivity index (χ0n) is 19.3. The van der Waals surface area contributed by atoms with Gasteiger partial charge in [-0.05, 0) is 12.8 Å². The van der Waals surface area contributed by atoms with Crippen LogP contribution in [0, 0.1) is 0 Å². The number of carbonyl (C=O) groups excluding carboxylic acids is 1. The van der Waals surface area contributed by atoms with Crippen LogP contribution in [-0.4, -0.2) is 24.0 Å². The molecule has 0 heterocycles. The van der Waals surface area contributed by atoms with E-state index in [0.29, 0.717) is 19.4 Å². The molecule has 9 heteroatoms. The maximum Gasteiger partial charge on any atom is 0.421 e. The summed E-state index contributed by atoms with van der Waals surface area (Å²) in [5.41, 5.74) is 0. The molecule has 0 radical (unpaired) electrons. The van der Waals surface area contributed by atoms with Gasteiger partial charge in [-0.3, -0.25) is 9.32 Å². The van der Waals surface area contributed by atoms with Crippen molar-refractivity contribution in [2.45, 2.75) is 116 Å². The fraction of sp³-hybridized carbons (Fsp3) is 0.952. The molecule has 1 unspecified atom stereocenters.